The number of carbonyl (C=O) groups is 2. The fourth-order valence-corrected chi connectivity index (χ4v) is 4.87. The van der Waals surface area contributed by atoms with E-state index in [-0.39, 0.29) is 19.4 Å². The second kappa shape index (κ2) is 33.6. The zero-order chi connectivity index (χ0) is 34.7. The van der Waals surface area contributed by atoms with Gasteiger partial charge in [-0.2, -0.15) is 0 Å². The van der Waals surface area contributed by atoms with E-state index < -0.39 is 32.5 Å². The van der Waals surface area contributed by atoms with Gasteiger partial charge in [0.2, 0.25) is 0 Å². The molecule has 2 N–H and O–H groups in total. The molecule has 8 nitrogen and oxygen atoms in total. The van der Waals surface area contributed by atoms with Crippen molar-refractivity contribution in [2.45, 2.75) is 155 Å². The topological polar surface area (TPSA) is 119 Å². The summed E-state index contributed by atoms with van der Waals surface area (Å²) >= 11 is 0. The molecule has 0 unspecified atom stereocenters. The van der Waals surface area contributed by atoms with Crippen molar-refractivity contribution in [1.29, 1.82) is 0 Å². The van der Waals surface area contributed by atoms with Crippen molar-refractivity contribution in [3.8, 4) is 0 Å². The van der Waals surface area contributed by atoms with Gasteiger partial charge in [0.1, 0.15) is 6.61 Å². The van der Waals surface area contributed by atoms with Gasteiger partial charge in [-0.1, -0.05) is 120 Å². The summed E-state index contributed by atoms with van der Waals surface area (Å²) in [6.45, 7) is 3.54. The van der Waals surface area contributed by atoms with Crippen molar-refractivity contribution in [2.24, 2.45) is 0 Å². The summed E-state index contributed by atoms with van der Waals surface area (Å²) in [5.74, 6) is -0.953. The van der Waals surface area contributed by atoms with Crippen molar-refractivity contribution in [2.75, 3.05) is 13.2 Å². The first-order valence-electron chi connectivity index (χ1n) is 18.1. The Morgan fingerprint density at radius 2 is 0.979 bits per heavy atom. The van der Waals surface area contributed by atoms with Crippen LogP contribution in [-0.2, 0) is 28.2 Å². The first-order valence-corrected chi connectivity index (χ1v) is 19.6. The summed E-state index contributed by atoms with van der Waals surface area (Å²) in [6.07, 6.45) is 40.8. The van der Waals surface area contributed by atoms with Crippen LogP contribution in [0.3, 0.4) is 0 Å². The molecule has 0 amide bonds. The number of allylic oxidation sites excluding steroid dienone is 10. The molecule has 0 bridgehead atoms. The quantitative estimate of drug-likeness (QED) is 0.0312. The number of hydrogen-bond donors (Lipinski definition) is 2. The first kappa shape index (κ1) is 44.8. The average molecular weight is 681 g/mol. The van der Waals surface area contributed by atoms with Crippen molar-refractivity contribution >= 4 is 19.8 Å². The summed E-state index contributed by atoms with van der Waals surface area (Å²) in [4.78, 5) is 42.6. The van der Waals surface area contributed by atoms with Crippen molar-refractivity contribution in [3.63, 3.8) is 0 Å². The van der Waals surface area contributed by atoms with Crippen molar-refractivity contribution < 1.29 is 37.9 Å². The minimum atomic E-state index is -4.76. The number of carbonyl (C=O) groups excluding carboxylic acids is 2. The molecule has 0 heterocycles. The minimum Gasteiger partial charge on any atom is -0.462 e. The van der Waals surface area contributed by atoms with Gasteiger partial charge < -0.3 is 19.3 Å². The maximum atomic E-state index is 12.3. The van der Waals surface area contributed by atoms with Crippen LogP contribution < -0.4 is 0 Å². The molecule has 0 rings (SSSR count). The Balaban J connectivity index is 4.10. The molecular formula is C38H65O8P. The summed E-state index contributed by atoms with van der Waals surface area (Å²) in [6, 6.07) is 0. The highest BCUT2D eigenvalue weighted by molar-refractivity contribution is 7.46. The van der Waals surface area contributed by atoms with Gasteiger partial charge >= 0.3 is 19.8 Å². The van der Waals surface area contributed by atoms with Crippen LogP contribution in [0.2, 0.25) is 0 Å². The van der Waals surface area contributed by atoms with E-state index in [4.69, 9.17) is 19.3 Å². The second-order valence-corrected chi connectivity index (χ2v) is 13.1. The molecule has 1 atom stereocenters. The molecule has 0 radical (unpaired) electrons. The fraction of sp³-hybridized carbons (Fsp3) is 0.684. The Labute approximate surface area is 286 Å². The molecule has 0 aliphatic carbocycles. The highest BCUT2D eigenvalue weighted by Crippen LogP contribution is 2.35. The maximum Gasteiger partial charge on any atom is 0.469 e. The van der Waals surface area contributed by atoms with Gasteiger partial charge in [0.25, 0.3) is 0 Å². The van der Waals surface area contributed by atoms with Crippen LogP contribution in [0.25, 0.3) is 0 Å². The van der Waals surface area contributed by atoms with Gasteiger partial charge in [-0.25, -0.2) is 4.57 Å². The lowest BCUT2D eigenvalue weighted by molar-refractivity contribution is -0.161. The van der Waals surface area contributed by atoms with Crippen LogP contribution in [0.4, 0.5) is 0 Å². The Hall–Kier alpha value is -2.25. The van der Waals surface area contributed by atoms with Crippen LogP contribution in [0, 0.1) is 0 Å². The Kier molecular flexibility index (Phi) is 32.0. The normalized spacial score (nSPS) is 13.2. The monoisotopic (exact) mass is 680 g/mol. The zero-order valence-corrected chi connectivity index (χ0v) is 30.3. The molecule has 0 aromatic heterocycles. The smallest absolute Gasteiger partial charge is 0.462 e. The third-order valence-corrected chi connectivity index (χ3v) is 7.74. The molecule has 0 aromatic rings. The van der Waals surface area contributed by atoms with Gasteiger partial charge in [-0.15, -0.1) is 0 Å². The van der Waals surface area contributed by atoms with E-state index in [0.717, 1.165) is 77.0 Å². The number of phosphoric ester groups is 1. The van der Waals surface area contributed by atoms with Gasteiger partial charge in [0.05, 0.1) is 6.61 Å². The van der Waals surface area contributed by atoms with Crippen LogP contribution in [0.1, 0.15) is 149 Å². The molecule has 0 aliphatic heterocycles. The van der Waals surface area contributed by atoms with Gasteiger partial charge in [-0.05, 0) is 77.0 Å². The van der Waals surface area contributed by atoms with Crippen molar-refractivity contribution in [1.82, 2.24) is 0 Å². The number of rotatable bonds is 32. The van der Waals surface area contributed by atoms with Crippen LogP contribution in [0.5, 0.6) is 0 Å². The molecule has 0 aliphatic rings. The molecule has 9 heteroatoms. The Morgan fingerprint density at radius 1 is 0.553 bits per heavy atom. The summed E-state index contributed by atoms with van der Waals surface area (Å²) in [5.41, 5.74) is 0. The second-order valence-electron chi connectivity index (χ2n) is 11.8. The number of unbranched alkanes of at least 4 members (excludes halogenated alkanes) is 12. The molecule has 0 saturated heterocycles. The highest BCUT2D eigenvalue weighted by atomic mass is 31.2. The third-order valence-electron chi connectivity index (χ3n) is 7.26. The number of phosphoric acid groups is 1. The lowest BCUT2D eigenvalue weighted by Gasteiger charge is -2.18. The number of hydrogen-bond acceptors (Lipinski definition) is 6. The van der Waals surface area contributed by atoms with Crippen LogP contribution in [0.15, 0.2) is 60.8 Å². The van der Waals surface area contributed by atoms with E-state index in [0.29, 0.717) is 12.8 Å². The maximum absolute atomic E-state index is 12.3. The van der Waals surface area contributed by atoms with Crippen molar-refractivity contribution in [3.05, 3.63) is 60.8 Å². The van der Waals surface area contributed by atoms with Gasteiger partial charge in [0.15, 0.2) is 6.10 Å². The summed E-state index contributed by atoms with van der Waals surface area (Å²) in [7, 11) is -4.76. The van der Waals surface area contributed by atoms with E-state index in [1.807, 2.05) is 0 Å². The third kappa shape index (κ3) is 36.4. The van der Waals surface area contributed by atoms with E-state index in [9.17, 15) is 14.2 Å². The molecule has 0 saturated carbocycles. The minimum absolute atomic E-state index is 0.157. The van der Waals surface area contributed by atoms with Gasteiger partial charge in [-0.3, -0.25) is 14.1 Å². The predicted molar refractivity (Wildman–Crippen MR) is 193 cm³/mol. The number of esters is 2. The van der Waals surface area contributed by atoms with Crippen LogP contribution >= 0.6 is 7.82 Å². The van der Waals surface area contributed by atoms with E-state index in [2.05, 4.69) is 79.1 Å². The highest BCUT2D eigenvalue weighted by Gasteiger charge is 2.22. The summed E-state index contributed by atoms with van der Waals surface area (Å²) in [5, 5.41) is 0. The lowest BCUT2D eigenvalue weighted by atomic mass is 10.1. The molecule has 0 spiro atoms. The average Bonchev–Trinajstić information content (AvgIpc) is 3.03. The SMILES string of the molecule is CCCC/C=C\C/C=C\CCCCCCCC(=O)OC[C@H](COP(=O)(O)O)OC(=O)CCCC/C=C\C/C=C\C/C=C\CCCCC. The standard InChI is InChI=1S/C38H65O8P/c1-3-5-7-9-11-13-15-17-19-21-23-25-27-29-31-33-38(40)46-36(35-45-47(41,42)43)34-44-37(39)32-30-28-26-24-22-20-18-16-14-12-10-8-6-4-2/h10-13,16-19,23,25,36H,3-9,14-15,20-22,24,26-35H2,1-2H3,(H2,41,42,43)/b12-10-,13-11-,18-16-,19-17-,25-23-/t36-/m1/s1. The Morgan fingerprint density at radius 3 is 1.53 bits per heavy atom. The predicted octanol–water partition coefficient (Wildman–Crippen LogP) is 10.6. The molecule has 47 heavy (non-hydrogen) atoms. The van der Waals surface area contributed by atoms with E-state index in [1.165, 1.54) is 32.1 Å². The molecule has 270 valence electrons. The first-order chi connectivity index (χ1) is 22.8. The van der Waals surface area contributed by atoms with E-state index in [1.54, 1.807) is 0 Å². The zero-order valence-electron chi connectivity index (χ0n) is 29.4. The summed E-state index contributed by atoms with van der Waals surface area (Å²) < 4.78 is 26.2. The fourth-order valence-electron chi connectivity index (χ4n) is 4.51. The van der Waals surface area contributed by atoms with E-state index >= 15 is 0 Å². The molecular weight excluding hydrogens is 615 g/mol. The number of ether oxygens (including phenoxy) is 2. The van der Waals surface area contributed by atoms with Crippen LogP contribution in [-0.4, -0.2) is 41.0 Å². The lowest BCUT2D eigenvalue weighted by Crippen LogP contribution is -2.29. The molecule has 0 fully saturated rings. The van der Waals surface area contributed by atoms with Gasteiger partial charge in [0, 0.05) is 12.8 Å². The molecule has 0 aromatic carbocycles. The largest absolute Gasteiger partial charge is 0.469 e. The Bertz CT molecular complexity index is 947.